The molecule has 0 bridgehead atoms. The lowest BCUT2D eigenvalue weighted by Crippen LogP contribution is -2.28. The highest BCUT2D eigenvalue weighted by Gasteiger charge is 2.28. The molecule has 1 aliphatic heterocycles. The minimum atomic E-state index is 0.103. The van der Waals surface area contributed by atoms with Crippen molar-refractivity contribution in [2.75, 3.05) is 6.54 Å². The van der Waals surface area contributed by atoms with Gasteiger partial charge in [0.25, 0.3) is 0 Å². The van der Waals surface area contributed by atoms with Crippen molar-refractivity contribution in [2.24, 2.45) is 0 Å². The Hall–Kier alpha value is -1.39. The highest BCUT2D eigenvalue weighted by molar-refractivity contribution is 9.11. The molecule has 0 aliphatic carbocycles. The lowest BCUT2D eigenvalue weighted by Gasteiger charge is -2.23. The molecule has 1 saturated heterocycles. The van der Waals surface area contributed by atoms with Crippen LogP contribution in [0, 0.1) is 0 Å². The maximum Gasteiger partial charge on any atom is 0.247 e. The zero-order valence-corrected chi connectivity index (χ0v) is 13.9. The van der Waals surface area contributed by atoms with Gasteiger partial charge in [0.15, 0.2) is 0 Å². The Morgan fingerprint density at radius 2 is 2.05 bits per heavy atom. The van der Waals surface area contributed by atoms with Crippen LogP contribution in [-0.2, 0) is 4.79 Å². The van der Waals surface area contributed by atoms with Gasteiger partial charge in [-0.1, -0.05) is 30.3 Å². The summed E-state index contributed by atoms with van der Waals surface area (Å²) < 4.78 is 1.08. The molecule has 2 heterocycles. The highest BCUT2D eigenvalue weighted by Crippen LogP contribution is 2.32. The number of hydrogen-bond acceptors (Lipinski definition) is 2. The van der Waals surface area contributed by atoms with Crippen molar-refractivity contribution in [1.29, 1.82) is 0 Å². The Morgan fingerprint density at radius 1 is 1.24 bits per heavy atom. The van der Waals surface area contributed by atoms with Gasteiger partial charge in [-0.05, 0) is 52.5 Å². The Bertz CT molecular complexity index is 650. The lowest BCUT2D eigenvalue weighted by molar-refractivity contribution is -0.126. The Labute approximate surface area is 137 Å². The largest absolute Gasteiger partial charge is 0.332 e. The summed E-state index contributed by atoms with van der Waals surface area (Å²) in [4.78, 5) is 15.5. The van der Waals surface area contributed by atoms with Crippen LogP contribution in [-0.4, -0.2) is 17.4 Å². The van der Waals surface area contributed by atoms with Crippen LogP contribution in [0.3, 0.4) is 0 Å². The van der Waals surface area contributed by atoms with E-state index in [1.165, 1.54) is 5.56 Å². The van der Waals surface area contributed by atoms with Crippen LogP contribution >= 0.6 is 27.3 Å². The van der Waals surface area contributed by atoms with Crippen LogP contribution in [0.1, 0.15) is 29.3 Å². The van der Waals surface area contributed by atoms with Gasteiger partial charge in [0, 0.05) is 17.5 Å². The molecule has 4 heteroatoms. The maximum absolute atomic E-state index is 12.4. The fourth-order valence-corrected chi connectivity index (χ4v) is 4.05. The summed E-state index contributed by atoms with van der Waals surface area (Å²) in [6.45, 7) is 0.844. The van der Waals surface area contributed by atoms with E-state index in [0.29, 0.717) is 0 Å². The van der Waals surface area contributed by atoms with Crippen LogP contribution in [0.2, 0.25) is 0 Å². The maximum atomic E-state index is 12.4. The van der Waals surface area contributed by atoms with Crippen LogP contribution in [0.25, 0.3) is 6.08 Å². The van der Waals surface area contributed by atoms with E-state index in [2.05, 4.69) is 28.1 Å². The minimum absolute atomic E-state index is 0.103. The number of benzene rings is 1. The Morgan fingerprint density at radius 3 is 2.76 bits per heavy atom. The van der Waals surface area contributed by atoms with Crippen molar-refractivity contribution < 1.29 is 4.79 Å². The molecule has 1 unspecified atom stereocenters. The summed E-state index contributed by atoms with van der Waals surface area (Å²) in [5, 5.41) is 0. The molecule has 0 radical (unpaired) electrons. The molecule has 108 valence electrons. The van der Waals surface area contributed by atoms with Crippen molar-refractivity contribution in [1.82, 2.24) is 4.90 Å². The summed E-state index contributed by atoms with van der Waals surface area (Å²) in [5.41, 5.74) is 1.23. The topological polar surface area (TPSA) is 20.3 Å². The average molecular weight is 362 g/mol. The number of amides is 1. The minimum Gasteiger partial charge on any atom is -0.332 e. The van der Waals surface area contributed by atoms with Gasteiger partial charge in [-0.3, -0.25) is 4.79 Å². The summed E-state index contributed by atoms with van der Waals surface area (Å²) in [5.74, 6) is 0.103. The molecule has 0 saturated carbocycles. The summed E-state index contributed by atoms with van der Waals surface area (Å²) in [7, 11) is 0. The van der Waals surface area contributed by atoms with E-state index in [0.717, 1.165) is 28.0 Å². The van der Waals surface area contributed by atoms with E-state index in [-0.39, 0.29) is 11.9 Å². The number of halogens is 1. The van der Waals surface area contributed by atoms with Gasteiger partial charge in [0.2, 0.25) is 5.91 Å². The van der Waals surface area contributed by atoms with Gasteiger partial charge in [-0.2, -0.15) is 0 Å². The van der Waals surface area contributed by atoms with Gasteiger partial charge in [0.1, 0.15) is 0 Å². The van der Waals surface area contributed by atoms with Crippen molar-refractivity contribution in [3.63, 3.8) is 0 Å². The monoisotopic (exact) mass is 361 g/mol. The molecule has 1 atom stereocenters. The van der Waals surface area contributed by atoms with Gasteiger partial charge < -0.3 is 4.90 Å². The van der Waals surface area contributed by atoms with E-state index in [9.17, 15) is 4.79 Å². The van der Waals surface area contributed by atoms with Crippen LogP contribution in [0.15, 0.2) is 52.3 Å². The third-order valence-corrected chi connectivity index (χ3v) is 5.29. The number of hydrogen-bond donors (Lipinski definition) is 0. The van der Waals surface area contributed by atoms with E-state index < -0.39 is 0 Å². The molecule has 2 nitrogen and oxygen atoms in total. The molecule has 0 spiro atoms. The summed E-state index contributed by atoms with van der Waals surface area (Å²) in [6, 6.07) is 14.5. The molecule has 1 aliphatic rings. The predicted molar refractivity (Wildman–Crippen MR) is 91.2 cm³/mol. The first-order valence-corrected chi connectivity index (χ1v) is 8.64. The molecular formula is C17H16BrNOS. The van der Waals surface area contributed by atoms with Crippen LogP contribution in [0.4, 0.5) is 0 Å². The number of carbonyl (C=O) groups is 1. The fourth-order valence-electron chi connectivity index (χ4n) is 2.72. The van der Waals surface area contributed by atoms with Gasteiger partial charge in [-0.25, -0.2) is 0 Å². The standard InChI is InChI=1S/C17H16BrNOS/c18-16-10-8-14(21-16)9-11-17(20)19-12-4-7-15(19)13-5-2-1-3-6-13/h1-3,5-6,8-11,15H,4,7,12H2/b11-9+. The van der Waals surface area contributed by atoms with Crippen LogP contribution in [0.5, 0.6) is 0 Å². The van der Waals surface area contributed by atoms with Gasteiger partial charge in [-0.15, -0.1) is 11.3 Å². The van der Waals surface area contributed by atoms with Crippen LogP contribution < -0.4 is 0 Å². The molecule has 1 aromatic heterocycles. The second kappa shape index (κ2) is 6.58. The first-order chi connectivity index (χ1) is 10.2. The summed E-state index contributed by atoms with van der Waals surface area (Å²) in [6.07, 6.45) is 5.72. The first kappa shape index (κ1) is 14.5. The van der Waals surface area contributed by atoms with Crippen molar-refractivity contribution in [2.45, 2.75) is 18.9 Å². The van der Waals surface area contributed by atoms with E-state index in [4.69, 9.17) is 0 Å². The molecule has 2 aromatic rings. The zero-order chi connectivity index (χ0) is 14.7. The van der Waals surface area contributed by atoms with E-state index >= 15 is 0 Å². The zero-order valence-electron chi connectivity index (χ0n) is 11.5. The molecule has 1 aromatic carbocycles. The van der Waals surface area contributed by atoms with Crippen molar-refractivity contribution in [3.8, 4) is 0 Å². The number of thiophene rings is 1. The Kier molecular flexibility index (Phi) is 4.56. The number of rotatable bonds is 3. The van der Waals surface area contributed by atoms with Gasteiger partial charge in [0.05, 0.1) is 9.83 Å². The summed E-state index contributed by atoms with van der Waals surface area (Å²) >= 11 is 5.06. The first-order valence-electron chi connectivity index (χ1n) is 7.03. The number of nitrogens with zero attached hydrogens (tertiary/aromatic N) is 1. The third kappa shape index (κ3) is 3.44. The lowest BCUT2D eigenvalue weighted by atomic mass is 10.0. The van der Waals surface area contributed by atoms with Gasteiger partial charge >= 0.3 is 0 Å². The smallest absolute Gasteiger partial charge is 0.247 e. The Balaban J connectivity index is 1.73. The highest BCUT2D eigenvalue weighted by atomic mass is 79.9. The quantitative estimate of drug-likeness (QED) is 0.712. The van der Waals surface area contributed by atoms with E-state index in [1.807, 2.05) is 41.3 Å². The molecule has 1 amide bonds. The molecule has 3 rings (SSSR count). The number of likely N-dealkylation sites (tertiary alicyclic amines) is 1. The van der Waals surface area contributed by atoms with E-state index in [1.54, 1.807) is 17.4 Å². The molecule has 21 heavy (non-hydrogen) atoms. The SMILES string of the molecule is O=C(/C=C/c1ccc(Br)s1)N1CCCC1c1ccccc1. The predicted octanol–water partition coefficient (Wildman–Crippen LogP) is 4.89. The van der Waals surface area contributed by atoms with Crippen molar-refractivity contribution >= 4 is 39.2 Å². The fraction of sp³-hybridized carbons (Fsp3) is 0.235. The second-order valence-electron chi connectivity index (χ2n) is 5.08. The third-order valence-electron chi connectivity index (χ3n) is 3.70. The molecule has 1 fully saturated rings. The second-order valence-corrected chi connectivity index (χ2v) is 7.57. The number of carbonyl (C=O) groups excluding carboxylic acids is 1. The van der Waals surface area contributed by atoms with Crippen molar-refractivity contribution in [3.05, 3.63) is 62.8 Å². The molecular weight excluding hydrogens is 346 g/mol. The average Bonchev–Trinajstić information content (AvgIpc) is 3.14. The normalized spacial score (nSPS) is 18.5. The molecule has 0 N–H and O–H groups in total.